The summed E-state index contributed by atoms with van der Waals surface area (Å²) in [5.41, 5.74) is 0. The van der Waals surface area contributed by atoms with Crippen LogP contribution in [0.2, 0.25) is 20.5 Å². The second-order valence-corrected chi connectivity index (χ2v) is 4.99. The predicted octanol–water partition coefficient (Wildman–Crippen LogP) is 7.78. The lowest BCUT2D eigenvalue weighted by Crippen LogP contribution is -2.25. The average molecular weight is 480 g/mol. The quantitative estimate of drug-likeness (QED) is 0.330. The van der Waals surface area contributed by atoms with Gasteiger partial charge in [-0.15, -0.1) is 0 Å². The highest BCUT2D eigenvalue weighted by atomic mass is 16.6. The summed E-state index contributed by atoms with van der Waals surface area (Å²) >= 11 is 0. The summed E-state index contributed by atoms with van der Waals surface area (Å²) < 4.78 is 30.3. The SMILES string of the molecule is CB1OCCCCO1.CB1OCCCO1.CB1OCCO1.CC.CC.CC.CC.CC.CC. The highest BCUT2D eigenvalue weighted by Gasteiger charge is 2.15. The lowest BCUT2D eigenvalue weighted by atomic mass is 9.94. The van der Waals surface area contributed by atoms with Gasteiger partial charge >= 0.3 is 21.4 Å². The summed E-state index contributed by atoms with van der Waals surface area (Å²) in [6, 6.07) is 0. The molecule has 3 heterocycles. The van der Waals surface area contributed by atoms with Crippen molar-refractivity contribution >= 4 is 21.4 Å². The molecule has 0 saturated carbocycles. The minimum Gasteiger partial charge on any atom is -0.411 e. The van der Waals surface area contributed by atoms with Crippen molar-refractivity contribution in [3.05, 3.63) is 0 Å². The van der Waals surface area contributed by atoms with Crippen LogP contribution in [0.3, 0.4) is 0 Å². The third-order valence-electron chi connectivity index (χ3n) is 3.03. The molecule has 0 unspecified atom stereocenters. The zero-order valence-electron chi connectivity index (χ0n) is 25.5. The molecule has 0 aromatic heterocycles. The minimum atomic E-state index is 0.0255. The first-order chi connectivity index (χ1) is 16.2. The van der Waals surface area contributed by atoms with E-state index in [1.54, 1.807) is 0 Å². The Kier molecular flexibility index (Phi) is 74.9. The van der Waals surface area contributed by atoms with Crippen LogP contribution < -0.4 is 0 Å². The van der Waals surface area contributed by atoms with Crippen molar-refractivity contribution < 1.29 is 27.9 Å². The molecule has 204 valence electrons. The lowest BCUT2D eigenvalue weighted by Gasteiger charge is -2.15. The highest BCUT2D eigenvalue weighted by molar-refractivity contribution is 6.43. The van der Waals surface area contributed by atoms with Crippen molar-refractivity contribution in [1.82, 2.24) is 0 Å². The molecule has 0 atom stereocenters. The lowest BCUT2D eigenvalue weighted by molar-refractivity contribution is 0.138. The zero-order valence-corrected chi connectivity index (χ0v) is 25.5. The van der Waals surface area contributed by atoms with Gasteiger partial charge in [0.1, 0.15) is 0 Å². The normalized spacial score (nSPS) is 15.5. The Morgan fingerprint density at radius 2 is 0.485 bits per heavy atom. The van der Waals surface area contributed by atoms with Gasteiger partial charge in [0, 0.05) is 26.4 Å². The van der Waals surface area contributed by atoms with Crippen LogP contribution in [0, 0.1) is 0 Å². The third-order valence-corrected chi connectivity index (χ3v) is 3.03. The molecule has 0 radical (unpaired) electrons. The molecule has 6 nitrogen and oxygen atoms in total. The third kappa shape index (κ3) is 50.0. The minimum absolute atomic E-state index is 0.0255. The fourth-order valence-electron chi connectivity index (χ4n) is 1.83. The number of rotatable bonds is 0. The maximum atomic E-state index is 5.18. The molecule has 3 aliphatic rings. The smallest absolute Gasteiger partial charge is 0.411 e. The molecule has 0 spiro atoms. The van der Waals surface area contributed by atoms with E-state index >= 15 is 0 Å². The summed E-state index contributed by atoms with van der Waals surface area (Å²) in [6.07, 6.45) is 3.33. The second kappa shape index (κ2) is 53.4. The van der Waals surface area contributed by atoms with Gasteiger partial charge in [-0.3, -0.25) is 0 Å². The zero-order chi connectivity index (χ0) is 27.3. The Labute approximate surface area is 212 Å². The first-order valence-corrected chi connectivity index (χ1v) is 13.9. The average Bonchev–Trinajstić information content (AvgIpc) is 3.28. The number of hydrogen-bond acceptors (Lipinski definition) is 6. The van der Waals surface area contributed by atoms with E-state index in [-0.39, 0.29) is 21.4 Å². The molecular formula is C24H63B3O6. The van der Waals surface area contributed by atoms with Gasteiger partial charge < -0.3 is 27.9 Å². The van der Waals surface area contributed by atoms with Gasteiger partial charge in [-0.05, 0) is 39.7 Å². The highest BCUT2D eigenvalue weighted by Crippen LogP contribution is 2.01. The summed E-state index contributed by atoms with van der Waals surface area (Å²) in [5, 5.41) is 0. The molecule has 3 fully saturated rings. The van der Waals surface area contributed by atoms with E-state index in [1.807, 2.05) is 104 Å². The molecule has 3 rings (SSSR count). The summed E-state index contributed by atoms with van der Waals surface area (Å²) in [4.78, 5) is 0. The molecule has 0 bridgehead atoms. The van der Waals surface area contributed by atoms with Gasteiger partial charge in [0.25, 0.3) is 0 Å². The van der Waals surface area contributed by atoms with Crippen LogP contribution in [-0.4, -0.2) is 61.0 Å². The van der Waals surface area contributed by atoms with Gasteiger partial charge in [-0.2, -0.15) is 0 Å². The van der Waals surface area contributed by atoms with Crippen molar-refractivity contribution in [2.45, 2.75) is 123 Å². The van der Waals surface area contributed by atoms with Crippen molar-refractivity contribution in [1.29, 1.82) is 0 Å². The van der Waals surface area contributed by atoms with Crippen molar-refractivity contribution in [3.63, 3.8) is 0 Å². The van der Waals surface area contributed by atoms with E-state index in [2.05, 4.69) is 0 Å². The molecule has 3 saturated heterocycles. The predicted molar refractivity (Wildman–Crippen MR) is 153 cm³/mol. The molecule has 0 N–H and O–H groups in total. The fourth-order valence-corrected chi connectivity index (χ4v) is 1.83. The Morgan fingerprint density at radius 1 is 0.303 bits per heavy atom. The topological polar surface area (TPSA) is 55.4 Å². The summed E-state index contributed by atoms with van der Waals surface area (Å²) in [7, 11) is 0.108. The molecule has 0 aromatic carbocycles. The molecule has 9 heteroatoms. The summed E-state index contributed by atoms with van der Waals surface area (Å²) in [5.74, 6) is 0. The van der Waals surface area contributed by atoms with Crippen LogP contribution in [-0.2, 0) is 27.9 Å². The monoisotopic (exact) mass is 480 g/mol. The maximum Gasteiger partial charge on any atom is 0.453 e. The van der Waals surface area contributed by atoms with Crippen LogP contribution >= 0.6 is 0 Å². The van der Waals surface area contributed by atoms with Crippen LogP contribution in [0.25, 0.3) is 0 Å². The van der Waals surface area contributed by atoms with Crippen LogP contribution in [0.15, 0.2) is 0 Å². The van der Waals surface area contributed by atoms with Crippen molar-refractivity contribution in [2.75, 3.05) is 39.6 Å². The first kappa shape index (κ1) is 46.3. The van der Waals surface area contributed by atoms with E-state index in [9.17, 15) is 0 Å². The summed E-state index contributed by atoms with van der Waals surface area (Å²) in [6.45, 7) is 34.7. The van der Waals surface area contributed by atoms with Crippen LogP contribution in [0.1, 0.15) is 102 Å². The van der Waals surface area contributed by atoms with Gasteiger partial charge in [0.05, 0.1) is 13.2 Å². The largest absolute Gasteiger partial charge is 0.453 e. The Morgan fingerprint density at radius 3 is 0.636 bits per heavy atom. The molecule has 0 aromatic rings. The molecule has 3 aliphatic heterocycles. The Bertz CT molecular complexity index is 236. The van der Waals surface area contributed by atoms with Gasteiger partial charge in [-0.1, -0.05) is 83.1 Å². The molecule has 0 aliphatic carbocycles. The fraction of sp³-hybridized carbons (Fsp3) is 1.00. The van der Waals surface area contributed by atoms with Gasteiger partial charge in [0.15, 0.2) is 0 Å². The van der Waals surface area contributed by atoms with E-state index in [0.29, 0.717) is 0 Å². The first-order valence-electron chi connectivity index (χ1n) is 13.9. The van der Waals surface area contributed by atoms with E-state index in [4.69, 9.17) is 27.9 Å². The molecule has 0 amide bonds. The molecule has 33 heavy (non-hydrogen) atoms. The second-order valence-electron chi connectivity index (χ2n) is 4.99. The van der Waals surface area contributed by atoms with E-state index < -0.39 is 0 Å². The van der Waals surface area contributed by atoms with Crippen molar-refractivity contribution in [2.24, 2.45) is 0 Å². The molecular weight excluding hydrogens is 417 g/mol. The van der Waals surface area contributed by atoms with Gasteiger partial charge in [0.2, 0.25) is 0 Å². The number of hydrogen-bond donors (Lipinski definition) is 0. The maximum absolute atomic E-state index is 5.18. The Balaban J connectivity index is -0.0000000678. The van der Waals surface area contributed by atoms with Gasteiger partial charge in [-0.25, -0.2) is 0 Å². The van der Waals surface area contributed by atoms with Crippen LogP contribution in [0.4, 0.5) is 0 Å². The van der Waals surface area contributed by atoms with E-state index in [1.165, 1.54) is 0 Å². The van der Waals surface area contributed by atoms with Crippen molar-refractivity contribution in [3.8, 4) is 0 Å². The standard InChI is InChI=1S/C5H11BO2.C4H9BO2.C3H7BO2.6C2H6/c1-6-7-4-2-3-5-8-6;1-5-6-3-2-4-7-5;1-4-5-2-3-6-4;6*1-2/h2-5H2,1H3;2-4H2,1H3;2-3H2,1H3;6*1-2H3. The van der Waals surface area contributed by atoms with Crippen LogP contribution in [0.5, 0.6) is 0 Å². The van der Waals surface area contributed by atoms with E-state index in [0.717, 1.165) is 58.9 Å². The Hall–Kier alpha value is -0.0452.